The normalized spacial score (nSPS) is 12.5. The predicted molar refractivity (Wildman–Crippen MR) is 47.2 cm³/mol. The second-order valence-electron chi connectivity index (χ2n) is 3.87. The second kappa shape index (κ2) is 4.70. The Bertz CT molecular complexity index is 98.8. The Morgan fingerprint density at radius 3 is 2.09 bits per heavy atom. The number of likely N-dealkylation sites (N-methyl/N-ethyl adjacent to an activating group) is 1. The molecule has 0 bridgehead atoms. The van der Waals surface area contributed by atoms with Gasteiger partial charge in [0.15, 0.2) is 0 Å². The van der Waals surface area contributed by atoms with Gasteiger partial charge >= 0.3 is 0 Å². The molecule has 0 rings (SSSR count). The molecule has 0 aliphatic rings. The first-order valence-electron chi connectivity index (χ1n) is 4.13. The van der Waals surface area contributed by atoms with Gasteiger partial charge in [-0.25, -0.2) is 0 Å². The third kappa shape index (κ3) is 6.28. The van der Waals surface area contributed by atoms with Crippen molar-refractivity contribution in [1.82, 2.24) is 4.90 Å². The van der Waals surface area contributed by atoms with Crippen molar-refractivity contribution in [3.05, 3.63) is 0 Å². The highest BCUT2D eigenvalue weighted by Gasteiger charge is 2.11. The van der Waals surface area contributed by atoms with Gasteiger partial charge in [-0.15, -0.1) is 0 Å². The molecule has 3 heteroatoms. The lowest BCUT2D eigenvalue weighted by atomic mass is 10.5. The summed E-state index contributed by atoms with van der Waals surface area (Å²) >= 11 is 0. The standard InChI is InChI=1S/C8H21N2O/c1-5-9(6-7-11)8-10(2,3)4/h11H,5-8H2,1-4H3/q+1. The first-order chi connectivity index (χ1) is 4.99. The van der Waals surface area contributed by atoms with E-state index < -0.39 is 0 Å². The van der Waals surface area contributed by atoms with E-state index in [9.17, 15) is 0 Å². The first kappa shape index (κ1) is 10.9. The number of hydrogen-bond donors (Lipinski definition) is 1. The van der Waals surface area contributed by atoms with Gasteiger partial charge in [0.1, 0.15) is 6.67 Å². The average molecular weight is 161 g/mol. The highest BCUT2D eigenvalue weighted by atomic mass is 16.3. The highest BCUT2D eigenvalue weighted by molar-refractivity contribution is 4.46. The molecule has 11 heavy (non-hydrogen) atoms. The molecule has 0 atom stereocenters. The van der Waals surface area contributed by atoms with Crippen molar-refractivity contribution < 1.29 is 9.59 Å². The third-order valence-electron chi connectivity index (χ3n) is 1.49. The second-order valence-corrected chi connectivity index (χ2v) is 3.87. The van der Waals surface area contributed by atoms with Crippen LogP contribution in [0, 0.1) is 0 Å². The van der Waals surface area contributed by atoms with Crippen LogP contribution in [-0.4, -0.2) is 62.0 Å². The van der Waals surface area contributed by atoms with Crippen molar-refractivity contribution in [3.63, 3.8) is 0 Å². The van der Waals surface area contributed by atoms with Crippen LogP contribution in [0.2, 0.25) is 0 Å². The minimum Gasteiger partial charge on any atom is -0.395 e. The first-order valence-corrected chi connectivity index (χ1v) is 4.13. The number of aliphatic hydroxyl groups excluding tert-OH is 1. The quantitative estimate of drug-likeness (QED) is 0.452. The summed E-state index contributed by atoms with van der Waals surface area (Å²) in [5, 5.41) is 8.72. The van der Waals surface area contributed by atoms with E-state index in [1.165, 1.54) is 0 Å². The summed E-state index contributed by atoms with van der Waals surface area (Å²) in [5.41, 5.74) is 0. The highest BCUT2D eigenvalue weighted by Crippen LogP contribution is 1.95. The summed E-state index contributed by atoms with van der Waals surface area (Å²) < 4.78 is 0.924. The number of aliphatic hydroxyl groups is 1. The van der Waals surface area contributed by atoms with Gasteiger partial charge in [-0.1, -0.05) is 6.92 Å². The van der Waals surface area contributed by atoms with E-state index >= 15 is 0 Å². The van der Waals surface area contributed by atoms with Crippen LogP contribution in [-0.2, 0) is 0 Å². The molecule has 0 heterocycles. The molecule has 0 aliphatic heterocycles. The summed E-state index contributed by atoms with van der Waals surface area (Å²) in [6.07, 6.45) is 0. The van der Waals surface area contributed by atoms with Gasteiger partial charge < -0.3 is 9.59 Å². The minimum atomic E-state index is 0.258. The fourth-order valence-corrected chi connectivity index (χ4v) is 1.07. The Morgan fingerprint density at radius 2 is 1.82 bits per heavy atom. The van der Waals surface area contributed by atoms with Crippen LogP contribution in [0.1, 0.15) is 6.92 Å². The maximum absolute atomic E-state index is 8.72. The number of nitrogens with zero attached hydrogens (tertiary/aromatic N) is 2. The lowest BCUT2D eigenvalue weighted by Gasteiger charge is -2.30. The molecular formula is C8H21N2O+. The Hall–Kier alpha value is -0.120. The lowest BCUT2D eigenvalue weighted by Crippen LogP contribution is -2.46. The van der Waals surface area contributed by atoms with Gasteiger partial charge in [0, 0.05) is 13.1 Å². The fraction of sp³-hybridized carbons (Fsp3) is 1.00. The zero-order valence-electron chi connectivity index (χ0n) is 8.17. The molecule has 0 amide bonds. The van der Waals surface area contributed by atoms with E-state index in [4.69, 9.17) is 5.11 Å². The van der Waals surface area contributed by atoms with E-state index in [1.54, 1.807) is 0 Å². The molecule has 0 aliphatic carbocycles. The molecule has 0 aromatic carbocycles. The molecule has 0 saturated carbocycles. The van der Waals surface area contributed by atoms with E-state index in [1.807, 2.05) is 0 Å². The topological polar surface area (TPSA) is 23.5 Å². The molecule has 0 unspecified atom stereocenters. The Morgan fingerprint density at radius 1 is 1.27 bits per heavy atom. The molecule has 3 nitrogen and oxygen atoms in total. The molecule has 0 aromatic heterocycles. The van der Waals surface area contributed by atoms with Gasteiger partial charge in [0.05, 0.1) is 27.7 Å². The maximum atomic E-state index is 8.72. The van der Waals surface area contributed by atoms with Crippen molar-refractivity contribution in [2.24, 2.45) is 0 Å². The van der Waals surface area contributed by atoms with Gasteiger partial charge in [-0.05, 0) is 0 Å². The van der Waals surface area contributed by atoms with E-state index in [0.717, 1.165) is 24.2 Å². The summed E-state index contributed by atoms with van der Waals surface area (Å²) in [6.45, 7) is 5.16. The predicted octanol–water partition coefficient (Wildman–Crippen LogP) is -0.0357. The smallest absolute Gasteiger partial charge is 0.134 e. The maximum Gasteiger partial charge on any atom is 0.134 e. The minimum absolute atomic E-state index is 0.258. The van der Waals surface area contributed by atoms with Gasteiger partial charge in [-0.2, -0.15) is 0 Å². The Kier molecular flexibility index (Phi) is 4.65. The molecule has 0 fully saturated rings. The number of hydrogen-bond acceptors (Lipinski definition) is 2. The van der Waals surface area contributed by atoms with Crippen LogP contribution in [0.25, 0.3) is 0 Å². The van der Waals surface area contributed by atoms with Crippen molar-refractivity contribution in [2.75, 3.05) is 47.5 Å². The molecule has 0 saturated heterocycles. The summed E-state index contributed by atoms with van der Waals surface area (Å²) in [4.78, 5) is 2.24. The van der Waals surface area contributed by atoms with E-state index in [-0.39, 0.29) is 6.61 Å². The molecule has 1 N–H and O–H groups in total. The van der Waals surface area contributed by atoms with Crippen molar-refractivity contribution in [1.29, 1.82) is 0 Å². The lowest BCUT2D eigenvalue weighted by molar-refractivity contribution is -0.881. The number of quaternary nitrogens is 1. The monoisotopic (exact) mass is 161 g/mol. The SMILES string of the molecule is CCN(CCO)C[N+](C)(C)C. The zero-order chi connectivity index (χ0) is 8.91. The van der Waals surface area contributed by atoms with Crippen molar-refractivity contribution >= 4 is 0 Å². The zero-order valence-corrected chi connectivity index (χ0v) is 8.17. The summed E-state index contributed by atoms with van der Waals surface area (Å²) in [7, 11) is 6.46. The van der Waals surface area contributed by atoms with E-state index in [0.29, 0.717) is 0 Å². The molecule has 0 radical (unpaired) electrons. The van der Waals surface area contributed by atoms with Gasteiger partial charge in [-0.3, -0.25) is 4.90 Å². The van der Waals surface area contributed by atoms with Crippen molar-refractivity contribution in [2.45, 2.75) is 6.92 Å². The molecule has 0 spiro atoms. The Labute approximate surface area is 69.8 Å². The largest absolute Gasteiger partial charge is 0.395 e. The fourth-order valence-electron chi connectivity index (χ4n) is 1.07. The van der Waals surface area contributed by atoms with E-state index in [2.05, 4.69) is 33.0 Å². The average Bonchev–Trinajstić information content (AvgIpc) is 1.84. The summed E-state index contributed by atoms with van der Waals surface area (Å²) in [6, 6.07) is 0. The van der Waals surface area contributed by atoms with Crippen LogP contribution >= 0.6 is 0 Å². The van der Waals surface area contributed by atoms with Crippen LogP contribution in [0.15, 0.2) is 0 Å². The molecule has 68 valence electrons. The van der Waals surface area contributed by atoms with Crippen LogP contribution < -0.4 is 0 Å². The van der Waals surface area contributed by atoms with Gasteiger partial charge in [0.25, 0.3) is 0 Å². The Balaban J connectivity index is 3.68. The van der Waals surface area contributed by atoms with Crippen LogP contribution in [0.4, 0.5) is 0 Å². The summed E-state index contributed by atoms with van der Waals surface area (Å²) in [5.74, 6) is 0. The molecular weight excluding hydrogens is 140 g/mol. The van der Waals surface area contributed by atoms with Crippen LogP contribution in [0.3, 0.4) is 0 Å². The van der Waals surface area contributed by atoms with Crippen LogP contribution in [0.5, 0.6) is 0 Å². The van der Waals surface area contributed by atoms with Crippen molar-refractivity contribution in [3.8, 4) is 0 Å². The van der Waals surface area contributed by atoms with Gasteiger partial charge in [0.2, 0.25) is 0 Å². The number of rotatable bonds is 5. The third-order valence-corrected chi connectivity index (χ3v) is 1.49. The molecule has 0 aromatic rings.